The van der Waals surface area contributed by atoms with Crippen molar-refractivity contribution in [2.75, 3.05) is 0 Å². The molecule has 0 spiro atoms. The summed E-state index contributed by atoms with van der Waals surface area (Å²) in [6.07, 6.45) is 4.98. The fourth-order valence-corrected chi connectivity index (χ4v) is 2.68. The van der Waals surface area contributed by atoms with Gasteiger partial charge in [0.15, 0.2) is 0 Å². The van der Waals surface area contributed by atoms with Crippen molar-refractivity contribution in [2.24, 2.45) is 5.41 Å². The zero-order chi connectivity index (χ0) is 9.69. The standard InChI is InChI=1S/C11H16O2/c1-10(2)5-4-6-11(3)8(10)7-9(12)13-11/h7H,4-6H2,1-3H3/t11-/m1/s1. The number of rotatable bonds is 0. The first-order chi connectivity index (χ1) is 5.94. The van der Waals surface area contributed by atoms with Gasteiger partial charge < -0.3 is 4.74 Å². The molecule has 2 nitrogen and oxygen atoms in total. The van der Waals surface area contributed by atoms with E-state index in [2.05, 4.69) is 13.8 Å². The Labute approximate surface area is 79.0 Å². The monoisotopic (exact) mass is 180 g/mol. The van der Waals surface area contributed by atoms with E-state index in [1.165, 1.54) is 5.57 Å². The van der Waals surface area contributed by atoms with Crippen molar-refractivity contribution in [3.05, 3.63) is 11.6 Å². The van der Waals surface area contributed by atoms with Crippen LogP contribution in [0.5, 0.6) is 0 Å². The Hall–Kier alpha value is -0.790. The number of carbonyl (C=O) groups excluding carboxylic acids is 1. The molecule has 1 heterocycles. The van der Waals surface area contributed by atoms with Crippen molar-refractivity contribution in [2.45, 2.75) is 45.6 Å². The summed E-state index contributed by atoms with van der Waals surface area (Å²) >= 11 is 0. The molecule has 0 aromatic carbocycles. The van der Waals surface area contributed by atoms with Gasteiger partial charge in [-0.1, -0.05) is 13.8 Å². The minimum absolute atomic E-state index is 0.138. The fourth-order valence-electron chi connectivity index (χ4n) is 2.68. The fraction of sp³-hybridized carbons (Fsp3) is 0.727. The van der Waals surface area contributed by atoms with E-state index in [1.807, 2.05) is 6.92 Å². The van der Waals surface area contributed by atoms with Gasteiger partial charge in [0.25, 0.3) is 0 Å². The van der Waals surface area contributed by atoms with Gasteiger partial charge in [0.1, 0.15) is 5.60 Å². The second kappa shape index (κ2) is 2.37. The van der Waals surface area contributed by atoms with E-state index in [9.17, 15) is 4.79 Å². The van der Waals surface area contributed by atoms with Crippen molar-refractivity contribution in [3.63, 3.8) is 0 Å². The second-order valence-corrected chi connectivity index (χ2v) is 4.95. The molecular formula is C11H16O2. The highest BCUT2D eigenvalue weighted by molar-refractivity contribution is 5.87. The zero-order valence-corrected chi connectivity index (χ0v) is 8.52. The molecule has 0 N–H and O–H groups in total. The highest BCUT2D eigenvalue weighted by Gasteiger charge is 2.47. The van der Waals surface area contributed by atoms with Crippen molar-refractivity contribution < 1.29 is 9.53 Å². The molecule has 2 heteroatoms. The van der Waals surface area contributed by atoms with Crippen LogP contribution in [0.15, 0.2) is 11.6 Å². The van der Waals surface area contributed by atoms with Gasteiger partial charge in [0.05, 0.1) is 0 Å². The van der Waals surface area contributed by atoms with Crippen LogP contribution in [0.4, 0.5) is 0 Å². The van der Waals surface area contributed by atoms with E-state index in [-0.39, 0.29) is 17.0 Å². The maximum absolute atomic E-state index is 11.2. The topological polar surface area (TPSA) is 26.3 Å². The summed E-state index contributed by atoms with van der Waals surface area (Å²) in [7, 11) is 0. The van der Waals surface area contributed by atoms with Crippen LogP contribution in [0.1, 0.15) is 40.0 Å². The van der Waals surface area contributed by atoms with Crippen LogP contribution in [0.3, 0.4) is 0 Å². The predicted molar refractivity (Wildman–Crippen MR) is 50.2 cm³/mol. The Morgan fingerprint density at radius 3 is 2.62 bits per heavy atom. The number of carbonyl (C=O) groups is 1. The number of hydrogen-bond acceptors (Lipinski definition) is 2. The normalized spacial score (nSPS) is 36.5. The van der Waals surface area contributed by atoms with Gasteiger partial charge in [-0.05, 0) is 37.2 Å². The minimum Gasteiger partial charge on any atom is -0.452 e. The molecule has 1 saturated carbocycles. The first-order valence-electron chi connectivity index (χ1n) is 4.90. The Bertz CT molecular complexity index is 288. The number of hydrogen-bond donors (Lipinski definition) is 0. The zero-order valence-electron chi connectivity index (χ0n) is 8.52. The van der Waals surface area contributed by atoms with E-state index in [1.54, 1.807) is 6.08 Å². The van der Waals surface area contributed by atoms with Gasteiger partial charge in [0, 0.05) is 6.08 Å². The summed E-state index contributed by atoms with van der Waals surface area (Å²) in [6.45, 7) is 6.42. The minimum atomic E-state index is -0.293. The van der Waals surface area contributed by atoms with Crippen LogP contribution >= 0.6 is 0 Å². The number of ether oxygens (including phenoxy) is 1. The Balaban J connectivity index is 2.42. The van der Waals surface area contributed by atoms with Crippen LogP contribution in [0.25, 0.3) is 0 Å². The highest BCUT2D eigenvalue weighted by atomic mass is 16.6. The molecule has 1 fully saturated rings. The molecule has 2 rings (SSSR count). The Morgan fingerprint density at radius 2 is 2.00 bits per heavy atom. The molecule has 72 valence electrons. The van der Waals surface area contributed by atoms with Gasteiger partial charge in [-0.15, -0.1) is 0 Å². The summed E-state index contributed by atoms with van der Waals surface area (Å²) in [5, 5.41) is 0. The average Bonchev–Trinajstić information content (AvgIpc) is 2.25. The maximum Gasteiger partial charge on any atom is 0.331 e. The van der Waals surface area contributed by atoms with Crippen LogP contribution < -0.4 is 0 Å². The molecule has 0 aromatic rings. The molecular weight excluding hydrogens is 164 g/mol. The molecule has 1 aliphatic carbocycles. The summed E-state index contributed by atoms with van der Waals surface area (Å²) in [6, 6.07) is 0. The quantitative estimate of drug-likeness (QED) is 0.535. The van der Waals surface area contributed by atoms with E-state index < -0.39 is 0 Å². The van der Waals surface area contributed by atoms with Gasteiger partial charge in [0.2, 0.25) is 0 Å². The summed E-state index contributed by atoms with van der Waals surface area (Å²) in [4.78, 5) is 11.2. The molecule has 0 bridgehead atoms. The van der Waals surface area contributed by atoms with Crippen molar-refractivity contribution in [1.29, 1.82) is 0 Å². The molecule has 0 unspecified atom stereocenters. The summed E-state index contributed by atoms with van der Waals surface area (Å²) < 4.78 is 5.36. The molecule has 13 heavy (non-hydrogen) atoms. The smallest absolute Gasteiger partial charge is 0.331 e. The molecule has 0 radical (unpaired) electrons. The first-order valence-corrected chi connectivity index (χ1v) is 4.90. The molecule has 0 aromatic heterocycles. The molecule has 1 atom stereocenters. The van der Waals surface area contributed by atoms with Crippen molar-refractivity contribution >= 4 is 5.97 Å². The summed E-state index contributed by atoms with van der Waals surface area (Å²) in [5.41, 5.74) is 1.04. The largest absolute Gasteiger partial charge is 0.452 e. The third kappa shape index (κ3) is 1.19. The van der Waals surface area contributed by atoms with E-state index >= 15 is 0 Å². The molecule has 0 saturated heterocycles. The Kier molecular flexibility index (Phi) is 1.60. The summed E-state index contributed by atoms with van der Waals surface area (Å²) in [5.74, 6) is -0.160. The van der Waals surface area contributed by atoms with E-state index in [0.29, 0.717) is 0 Å². The number of esters is 1. The highest BCUT2D eigenvalue weighted by Crippen LogP contribution is 2.49. The van der Waals surface area contributed by atoms with Crippen LogP contribution in [-0.2, 0) is 9.53 Å². The van der Waals surface area contributed by atoms with E-state index in [0.717, 1.165) is 19.3 Å². The maximum atomic E-state index is 11.2. The predicted octanol–water partition coefficient (Wildman–Crippen LogP) is 2.44. The van der Waals surface area contributed by atoms with Gasteiger partial charge in [-0.2, -0.15) is 0 Å². The second-order valence-electron chi connectivity index (χ2n) is 4.95. The van der Waals surface area contributed by atoms with E-state index in [4.69, 9.17) is 4.74 Å². The Morgan fingerprint density at radius 1 is 1.31 bits per heavy atom. The van der Waals surface area contributed by atoms with Gasteiger partial charge in [-0.3, -0.25) is 0 Å². The van der Waals surface area contributed by atoms with Crippen LogP contribution in [-0.4, -0.2) is 11.6 Å². The lowest BCUT2D eigenvalue weighted by Crippen LogP contribution is -2.38. The lowest BCUT2D eigenvalue weighted by Gasteiger charge is -2.41. The van der Waals surface area contributed by atoms with Crippen LogP contribution in [0, 0.1) is 5.41 Å². The SMILES string of the molecule is CC1(C)CCC[C@@]2(C)OC(=O)C=C12. The third-order valence-electron chi connectivity index (χ3n) is 3.34. The van der Waals surface area contributed by atoms with Gasteiger partial charge >= 0.3 is 5.97 Å². The molecule has 2 aliphatic rings. The van der Waals surface area contributed by atoms with Gasteiger partial charge in [-0.25, -0.2) is 4.79 Å². The first kappa shape index (κ1) is 8.79. The van der Waals surface area contributed by atoms with Crippen molar-refractivity contribution in [1.82, 2.24) is 0 Å². The third-order valence-corrected chi connectivity index (χ3v) is 3.34. The number of fused-ring (bicyclic) bond motifs is 1. The molecule has 1 aliphatic heterocycles. The van der Waals surface area contributed by atoms with Crippen molar-refractivity contribution in [3.8, 4) is 0 Å². The lowest BCUT2D eigenvalue weighted by atomic mass is 9.67. The average molecular weight is 180 g/mol. The molecule has 0 amide bonds. The van der Waals surface area contributed by atoms with Crippen LogP contribution in [0.2, 0.25) is 0 Å². The lowest BCUT2D eigenvalue weighted by molar-refractivity contribution is -0.146.